The Hall–Kier alpha value is -1.68. The molecule has 0 bridgehead atoms. The Bertz CT molecular complexity index is 2110. The molecule has 7 atom stereocenters. The molecule has 0 spiro atoms. The van der Waals surface area contributed by atoms with Gasteiger partial charge in [-0.3, -0.25) is 0 Å². The van der Waals surface area contributed by atoms with Crippen LogP contribution in [0.4, 0.5) is 105 Å². The molecule has 0 heterocycles. The van der Waals surface area contributed by atoms with Crippen LogP contribution in [-0.4, -0.2) is 49.4 Å². The fraction of sp³-hybridized carbons (Fsp3) is 1.00. The van der Waals surface area contributed by atoms with Crippen LogP contribution in [0.15, 0.2) is 0 Å². The molecule has 0 aliphatic carbocycles. The molecule has 0 N–H and O–H groups in total. The molecule has 0 radical (unpaired) electrons. The van der Waals surface area contributed by atoms with Crippen molar-refractivity contribution in [2.24, 2.45) is 89.7 Å². The van der Waals surface area contributed by atoms with Gasteiger partial charge in [-0.1, -0.05) is 293 Å². The molecule has 24 heteroatoms. The molecule has 0 nitrogen and oxygen atoms in total. The summed E-state index contributed by atoms with van der Waals surface area (Å²) >= 11 is 0. The number of hydrogen-bond donors (Lipinski definition) is 0. The smallest absolute Gasteiger partial charge is 0.171 e. The van der Waals surface area contributed by atoms with Gasteiger partial charge in [0.05, 0.1) is 43.3 Å². The zero-order chi connectivity index (χ0) is 86.7. The van der Waals surface area contributed by atoms with Crippen molar-refractivity contribution in [1.82, 2.24) is 0 Å². The van der Waals surface area contributed by atoms with Crippen LogP contribution in [0.2, 0.25) is 0 Å². The summed E-state index contributed by atoms with van der Waals surface area (Å²) in [6.07, 6.45) is -23.1. The highest BCUT2D eigenvalue weighted by Gasteiger charge is 2.62. The molecule has 0 fully saturated rings. The minimum atomic E-state index is -4.11. The van der Waals surface area contributed by atoms with E-state index >= 15 is 0 Å². The molecule has 0 unspecified atom stereocenters. The van der Waals surface area contributed by atoms with Crippen LogP contribution in [0.3, 0.4) is 0 Å². The van der Waals surface area contributed by atoms with E-state index in [1.165, 1.54) is 55.4 Å². The molecular weight excluding hydrogens is 1430 g/mol. The molecule has 0 aromatic heterocycles. The Morgan fingerprint density at radius 1 is 0.200 bits per heavy atom. The van der Waals surface area contributed by atoms with Crippen molar-refractivity contribution in [3.8, 4) is 0 Å². The van der Waals surface area contributed by atoms with Crippen LogP contribution in [0.1, 0.15) is 383 Å². The Morgan fingerprint density at radius 3 is 0.543 bits per heavy atom. The summed E-state index contributed by atoms with van der Waals surface area (Å²) in [6, 6.07) is 0. The summed E-state index contributed by atoms with van der Waals surface area (Å²) in [7, 11) is 0. The first kappa shape index (κ1) is 119. The van der Waals surface area contributed by atoms with Gasteiger partial charge in [-0.05, 0) is 136 Å². The fourth-order valence-corrected chi connectivity index (χ4v) is 14.9. The van der Waals surface area contributed by atoms with Crippen molar-refractivity contribution in [2.75, 3.05) is 0 Å². The molecule has 0 aliphatic heterocycles. The molecule has 0 rings (SSSR count). The average Bonchev–Trinajstić information content (AvgIpc) is 0.770. The Labute approximate surface area is 625 Å². The van der Waals surface area contributed by atoms with Gasteiger partial charge in [0.15, 0.2) is 0 Å². The van der Waals surface area contributed by atoms with Gasteiger partial charge in [0, 0.05) is 0 Å². The zero-order valence-corrected chi connectivity index (χ0v) is 71.8. The minimum Gasteiger partial charge on any atom is -0.171 e. The van der Waals surface area contributed by atoms with Gasteiger partial charge in [-0.25, -0.2) is 0 Å². The Kier molecular flexibility index (Phi) is 54.9. The maximum atomic E-state index is 13.2. The van der Waals surface area contributed by atoms with Gasteiger partial charge in [-0.2, -0.15) is 105 Å². The summed E-state index contributed by atoms with van der Waals surface area (Å²) in [6.45, 7) is 56.6. The van der Waals surface area contributed by atoms with Crippen LogP contribution < -0.4 is 0 Å². The first-order chi connectivity index (χ1) is 46.6. The molecule has 646 valence electrons. The monoisotopic (exact) mass is 1580 g/mol. The summed E-state index contributed by atoms with van der Waals surface area (Å²) in [5.41, 5.74) is -13.4. The summed E-state index contributed by atoms with van der Waals surface area (Å²) in [5.74, 6) is -1.07. The Balaban J connectivity index is -0.000000171. The van der Waals surface area contributed by atoms with E-state index in [1.54, 1.807) is 83.1 Å². The first-order valence-electron chi connectivity index (χ1n) is 39.1. The molecule has 0 saturated carbocycles. The van der Waals surface area contributed by atoms with Gasteiger partial charge in [-0.15, -0.1) is 0 Å². The maximum absolute atomic E-state index is 13.2. The van der Waals surface area contributed by atoms with Crippen LogP contribution in [0.25, 0.3) is 0 Å². The lowest BCUT2D eigenvalue weighted by atomic mass is 9.60. The van der Waals surface area contributed by atoms with Gasteiger partial charge < -0.3 is 0 Å². The van der Waals surface area contributed by atoms with E-state index in [0.29, 0.717) is 83.5 Å². The van der Waals surface area contributed by atoms with Crippen molar-refractivity contribution >= 4 is 0 Å². The third-order valence-corrected chi connectivity index (χ3v) is 25.8. The Morgan fingerprint density at radius 2 is 0.429 bits per heavy atom. The number of rotatable bonds is 31. The lowest BCUT2D eigenvalue weighted by molar-refractivity contribution is -0.261. The topological polar surface area (TPSA) is 0 Å². The highest BCUT2D eigenvalue weighted by molar-refractivity contribution is 4.98. The molecule has 0 aromatic rings. The van der Waals surface area contributed by atoms with Crippen molar-refractivity contribution in [1.29, 1.82) is 0 Å². The number of hydrogen-bond acceptors (Lipinski definition) is 0. The SMILES string of the molecule is CCC(C)(CC)[C@](C)(CC)C(F)(F)F.CCC(CC)[C@](C)(CC)C(F)(F)F.CCCC(C)(CCC)C(F)(F)F.CCC[C@@](C)(C(CC)CC)C(F)(F)F.CCC[C@](C)(C(F)(F)F)C(C)(CC)CC.CCC[C@](C)(CC)C(F)(F)F.CC[C@@](C)(C(C(C)C)C(C)C)C(F)(F)F.CC[C@@](C)(C(C)C)C(F)(F)F. The average molecular weight is 1580 g/mol. The largest absolute Gasteiger partial charge is 0.394 e. The molecular formula is C81H154F24. The third-order valence-electron chi connectivity index (χ3n) is 25.8. The highest BCUT2D eigenvalue weighted by Crippen LogP contribution is 2.59. The van der Waals surface area contributed by atoms with E-state index in [1.807, 2.05) is 96.9 Å². The minimum absolute atomic E-state index is 0.0524. The zero-order valence-electron chi connectivity index (χ0n) is 71.8. The quantitative estimate of drug-likeness (QED) is 0.0607. The fourth-order valence-electron chi connectivity index (χ4n) is 14.9. The molecule has 0 saturated heterocycles. The van der Waals surface area contributed by atoms with E-state index < -0.39 is 104 Å². The predicted molar refractivity (Wildman–Crippen MR) is 393 cm³/mol. The number of halogens is 24. The number of alkyl halides is 24. The van der Waals surface area contributed by atoms with Crippen LogP contribution in [-0.2, 0) is 0 Å². The van der Waals surface area contributed by atoms with Gasteiger partial charge >= 0.3 is 49.4 Å². The molecule has 0 amide bonds. The van der Waals surface area contributed by atoms with Crippen LogP contribution in [0, 0.1) is 89.7 Å². The lowest BCUT2D eigenvalue weighted by Gasteiger charge is -2.47. The lowest BCUT2D eigenvalue weighted by Crippen LogP contribution is -2.48. The van der Waals surface area contributed by atoms with Crippen molar-refractivity contribution < 1.29 is 105 Å². The summed E-state index contributed by atoms with van der Waals surface area (Å²) < 4.78 is 306. The van der Waals surface area contributed by atoms with Gasteiger partial charge in [0.1, 0.15) is 0 Å². The molecule has 105 heavy (non-hydrogen) atoms. The summed E-state index contributed by atoms with van der Waals surface area (Å²) in [4.78, 5) is 0. The normalized spacial score (nSPS) is 17.3. The second-order valence-corrected chi connectivity index (χ2v) is 32.7. The summed E-state index contributed by atoms with van der Waals surface area (Å²) in [5, 5.41) is 0. The second-order valence-electron chi connectivity index (χ2n) is 32.7. The van der Waals surface area contributed by atoms with Crippen molar-refractivity contribution in [3.63, 3.8) is 0 Å². The van der Waals surface area contributed by atoms with Crippen LogP contribution in [0.5, 0.6) is 0 Å². The second kappa shape index (κ2) is 48.4. The van der Waals surface area contributed by atoms with Gasteiger partial charge in [0.2, 0.25) is 0 Å². The first-order valence-corrected chi connectivity index (χ1v) is 39.1. The molecule has 0 aliphatic rings. The van der Waals surface area contributed by atoms with Crippen molar-refractivity contribution in [2.45, 2.75) is 432 Å². The van der Waals surface area contributed by atoms with E-state index in [9.17, 15) is 105 Å². The van der Waals surface area contributed by atoms with Crippen molar-refractivity contribution in [3.05, 3.63) is 0 Å². The molecule has 0 aromatic carbocycles. The predicted octanol–water partition coefficient (Wildman–Crippen LogP) is 35.6. The maximum Gasteiger partial charge on any atom is 0.394 e. The third kappa shape index (κ3) is 33.5. The standard InChI is InChI=1S/2C12H23F3.2C11H21F3.C10H19F3.C9H17F3.2C8H15F3/c1-7-11(6,12(13,14)15)10(8(2)3)9(4)5;1-6-9-11(5,12(13,14)15)10(4,7-2)8-3;1-6-9(4,7-2)10(5,8-3)11(12,13)14;1-5-8-10(4,11(12,13)14)9(6-2)7-3;1-5-8(6-2)9(4,7-3)10(11,12)13;1-4-6-8(3,7-5-2)9(10,11)12;1-5-7(4,6(2)3)8(9,10)11;1-4-6-7(3,5-2)8(9,10)11/h8-10H,7H2,1-6H3;6-9H2,1-5H3;6-8H2,1-5H3;9H,5-8H2,1-4H3;8H,5-7H2,1-4H3;4-7H2,1-3H3;6H,5H2,1-4H3;4-6H2,1-3H3/t2*11-;2*10-;9-;;2*7-/m00000.00/s1. The van der Waals surface area contributed by atoms with Gasteiger partial charge in [0.25, 0.3) is 0 Å². The highest BCUT2D eigenvalue weighted by atomic mass is 19.4. The van der Waals surface area contributed by atoms with E-state index in [4.69, 9.17) is 0 Å². The van der Waals surface area contributed by atoms with E-state index in [2.05, 4.69) is 0 Å². The van der Waals surface area contributed by atoms with Crippen LogP contribution >= 0.6 is 0 Å². The van der Waals surface area contributed by atoms with E-state index in [-0.39, 0.29) is 99.7 Å². The van der Waals surface area contributed by atoms with E-state index in [0.717, 1.165) is 0 Å².